The third-order valence-electron chi connectivity index (χ3n) is 2.84. The highest BCUT2D eigenvalue weighted by Crippen LogP contribution is 2.16. The third-order valence-corrected chi connectivity index (χ3v) is 3.61. The Bertz CT molecular complexity index is 637. The second-order valence-electron chi connectivity index (χ2n) is 4.59. The number of hydrogen-bond acceptors (Lipinski definition) is 5. The summed E-state index contributed by atoms with van der Waals surface area (Å²) in [5, 5.41) is 6.77. The van der Waals surface area contributed by atoms with Gasteiger partial charge in [0.2, 0.25) is 5.91 Å². The molecule has 0 saturated heterocycles. The summed E-state index contributed by atoms with van der Waals surface area (Å²) >= 11 is 1.09. The maximum Gasteiger partial charge on any atom is 0.269 e. The monoisotopic (exact) mass is 304 g/mol. The number of nitrogens with zero attached hydrogens (tertiary/aromatic N) is 2. The summed E-state index contributed by atoms with van der Waals surface area (Å²) < 4.78 is 3.83. The molecule has 0 unspecified atom stereocenters. The lowest BCUT2D eigenvalue weighted by molar-refractivity contribution is -0.117. The molecule has 0 atom stereocenters. The van der Waals surface area contributed by atoms with Crippen molar-refractivity contribution in [1.29, 1.82) is 0 Å². The first-order valence-electron chi connectivity index (χ1n) is 6.60. The van der Waals surface area contributed by atoms with Crippen LogP contribution in [0.4, 0.5) is 5.69 Å². The van der Waals surface area contributed by atoms with Gasteiger partial charge in [-0.05, 0) is 35.6 Å². The molecule has 21 heavy (non-hydrogen) atoms. The second kappa shape index (κ2) is 6.94. The average Bonchev–Trinajstić information content (AvgIpc) is 2.89. The average molecular weight is 304 g/mol. The van der Waals surface area contributed by atoms with Crippen LogP contribution in [0.3, 0.4) is 0 Å². The van der Waals surface area contributed by atoms with Gasteiger partial charge in [-0.3, -0.25) is 9.59 Å². The summed E-state index contributed by atoms with van der Waals surface area (Å²) in [5.41, 5.74) is 7.33. The van der Waals surface area contributed by atoms with Crippen LogP contribution >= 0.6 is 11.5 Å². The molecule has 2 amide bonds. The molecule has 0 fully saturated rings. The van der Waals surface area contributed by atoms with Crippen LogP contribution in [0.15, 0.2) is 24.3 Å². The first-order chi connectivity index (χ1) is 10.1. The van der Waals surface area contributed by atoms with E-state index in [2.05, 4.69) is 14.9 Å². The van der Waals surface area contributed by atoms with Crippen LogP contribution in [0.5, 0.6) is 0 Å². The minimum Gasteiger partial charge on any atom is -0.369 e. The normalized spacial score (nSPS) is 10.3. The summed E-state index contributed by atoms with van der Waals surface area (Å²) in [4.78, 5) is 23.5. The lowest BCUT2D eigenvalue weighted by Crippen LogP contribution is -2.14. The van der Waals surface area contributed by atoms with Crippen LogP contribution in [-0.2, 0) is 17.6 Å². The number of nitrogens with one attached hydrogen (secondary N) is 1. The van der Waals surface area contributed by atoms with Gasteiger partial charge in [-0.15, -0.1) is 5.10 Å². The molecule has 0 aliphatic carbocycles. The van der Waals surface area contributed by atoms with Crippen LogP contribution in [0.25, 0.3) is 0 Å². The summed E-state index contributed by atoms with van der Waals surface area (Å²) in [6.45, 7) is 2.03. The molecule has 6 nitrogen and oxygen atoms in total. The fraction of sp³-hybridized carbons (Fsp3) is 0.286. The van der Waals surface area contributed by atoms with Gasteiger partial charge in [0.05, 0.1) is 12.1 Å². The van der Waals surface area contributed by atoms with Crippen molar-refractivity contribution in [3.63, 3.8) is 0 Å². The van der Waals surface area contributed by atoms with Crippen molar-refractivity contribution >= 4 is 29.0 Å². The number of hydrogen-bond donors (Lipinski definition) is 2. The van der Waals surface area contributed by atoms with E-state index in [1.165, 1.54) is 0 Å². The van der Waals surface area contributed by atoms with Crippen LogP contribution in [-0.4, -0.2) is 21.4 Å². The summed E-state index contributed by atoms with van der Waals surface area (Å²) in [5.74, 6) is -0.595. The van der Waals surface area contributed by atoms with Crippen molar-refractivity contribution in [2.45, 2.75) is 26.2 Å². The number of nitrogens with two attached hydrogens (primary N) is 1. The van der Waals surface area contributed by atoms with E-state index in [0.29, 0.717) is 10.6 Å². The number of aromatic nitrogens is 2. The smallest absolute Gasteiger partial charge is 0.269 e. The van der Waals surface area contributed by atoms with Gasteiger partial charge in [-0.2, -0.15) is 0 Å². The zero-order chi connectivity index (χ0) is 15.2. The highest BCUT2D eigenvalue weighted by Gasteiger charge is 2.15. The number of amides is 2. The Morgan fingerprint density at radius 3 is 2.62 bits per heavy atom. The van der Waals surface area contributed by atoms with Crippen molar-refractivity contribution in [2.75, 3.05) is 5.32 Å². The molecule has 0 bridgehead atoms. The maximum absolute atomic E-state index is 12.2. The number of aryl methyl sites for hydroxylation is 1. The summed E-state index contributed by atoms with van der Waals surface area (Å²) in [7, 11) is 0. The van der Waals surface area contributed by atoms with E-state index in [-0.39, 0.29) is 18.2 Å². The van der Waals surface area contributed by atoms with Gasteiger partial charge in [0.1, 0.15) is 4.88 Å². The van der Waals surface area contributed by atoms with Crippen LogP contribution in [0.2, 0.25) is 0 Å². The number of benzene rings is 1. The van der Waals surface area contributed by atoms with Crippen LogP contribution < -0.4 is 11.1 Å². The van der Waals surface area contributed by atoms with Gasteiger partial charge >= 0.3 is 0 Å². The highest BCUT2D eigenvalue weighted by atomic mass is 32.1. The molecule has 0 aliphatic heterocycles. The molecular formula is C14H16N4O2S. The van der Waals surface area contributed by atoms with E-state index in [0.717, 1.165) is 35.6 Å². The molecule has 7 heteroatoms. The van der Waals surface area contributed by atoms with Gasteiger partial charge in [-0.25, -0.2) is 0 Å². The summed E-state index contributed by atoms with van der Waals surface area (Å²) in [6, 6.07) is 7.00. The van der Waals surface area contributed by atoms with Gasteiger partial charge in [-0.1, -0.05) is 30.0 Å². The molecule has 2 aromatic rings. The van der Waals surface area contributed by atoms with Crippen LogP contribution in [0.1, 0.15) is 34.3 Å². The quantitative estimate of drug-likeness (QED) is 0.849. The van der Waals surface area contributed by atoms with Crippen molar-refractivity contribution in [3.05, 3.63) is 40.4 Å². The summed E-state index contributed by atoms with van der Waals surface area (Å²) in [6.07, 6.45) is 1.83. The molecule has 110 valence electrons. The lowest BCUT2D eigenvalue weighted by Gasteiger charge is -2.05. The van der Waals surface area contributed by atoms with Crippen molar-refractivity contribution < 1.29 is 9.59 Å². The number of carbonyl (C=O) groups excluding carboxylic acids is 2. The van der Waals surface area contributed by atoms with E-state index in [9.17, 15) is 9.59 Å². The van der Waals surface area contributed by atoms with E-state index in [1.54, 1.807) is 24.3 Å². The zero-order valence-corrected chi connectivity index (χ0v) is 12.4. The topological polar surface area (TPSA) is 98.0 Å². The van der Waals surface area contributed by atoms with Crippen molar-refractivity contribution in [2.24, 2.45) is 5.73 Å². The van der Waals surface area contributed by atoms with E-state index >= 15 is 0 Å². The lowest BCUT2D eigenvalue weighted by atomic mass is 10.1. The minimum absolute atomic E-state index is 0.188. The van der Waals surface area contributed by atoms with Gasteiger partial charge in [0.15, 0.2) is 0 Å². The molecule has 0 saturated carbocycles. The number of primary amides is 1. The minimum atomic E-state index is -0.383. The molecule has 0 spiro atoms. The largest absolute Gasteiger partial charge is 0.369 e. The van der Waals surface area contributed by atoms with E-state index in [4.69, 9.17) is 5.73 Å². The Kier molecular flexibility index (Phi) is 4.99. The van der Waals surface area contributed by atoms with Gasteiger partial charge < -0.3 is 11.1 Å². The molecule has 1 heterocycles. The Labute approximate surface area is 126 Å². The fourth-order valence-corrected chi connectivity index (χ4v) is 2.48. The predicted molar refractivity (Wildman–Crippen MR) is 81.2 cm³/mol. The standard InChI is InChI=1S/C14H16N4O2S/c1-2-3-11-13(21-18-17-11)14(20)16-10-6-4-9(5-7-10)8-12(15)19/h4-7H,2-3,8H2,1H3,(H2,15,19)(H,16,20). The van der Waals surface area contributed by atoms with Crippen molar-refractivity contribution in [3.8, 4) is 0 Å². The molecule has 0 radical (unpaired) electrons. The van der Waals surface area contributed by atoms with E-state index < -0.39 is 0 Å². The molecule has 3 N–H and O–H groups in total. The first kappa shape index (κ1) is 15.1. The van der Waals surface area contributed by atoms with Crippen molar-refractivity contribution in [1.82, 2.24) is 9.59 Å². The molecule has 2 rings (SSSR count). The molecule has 0 aliphatic rings. The fourth-order valence-electron chi connectivity index (χ4n) is 1.88. The predicted octanol–water partition coefficient (Wildman–Crippen LogP) is 1.77. The number of carbonyl (C=O) groups is 2. The Morgan fingerprint density at radius 2 is 2.00 bits per heavy atom. The van der Waals surface area contributed by atoms with E-state index in [1.807, 2.05) is 6.92 Å². The third kappa shape index (κ3) is 4.09. The molecular weight excluding hydrogens is 288 g/mol. The van der Waals surface area contributed by atoms with Gasteiger partial charge in [0.25, 0.3) is 5.91 Å². The molecule has 1 aromatic carbocycles. The Hall–Kier alpha value is -2.28. The van der Waals surface area contributed by atoms with Gasteiger partial charge in [0, 0.05) is 5.69 Å². The number of anilines is 1. The first-order valence-corrected chi connectivity index (χ1v) is 7.37. The zero-order valence-electron chi connectivity index (χ0n) is 11.6. The SMILES string of the molecule is CCCc1nnsc1C(=O)Nc1ccc(CC(N)=O)cc1. The highest BCUT2D eigenvalue weighted by molar-refractivity contribution is 7.08. The Morgan fingerprint density at radius 1 is 1.29 bits per heavy atom. The van der Waals surface area contributed by atoms with Crippen LogP contribution in [0, 0.1) is 0 Å². The molecule has 1 aromatic heterocycles. The number of rotatable bonds is 6. The second-order valence-corrected chi connectivity index (χ2v) is 5.35. The Balaban J connectivity index is 2.05. The maximum atomic E-state index is 12.2.